The van der Waals surface area contributed by atoms with E-state index in [1.807, 2.05) is 7.05 Å². The molecule has 0 aromatic heterocycles. The lowest BCUT2D eigenvalue weighted by Gasteiger charge is -2.07. The summed E-state index contributed by atoms with van der Waals surface area (Å²) in [5.74, 6) is 0.877. The maximum atomic E-state index is 3.19. The SMILES string of the molecule is CNCc1ccc(C2CC2)cc1C. The maximum absolute atomic E-state index is 3.19. The van der Waals surface area contributed by atoms with Gasteiger partial charge in [0.05, 0.1) is 0 Å². The van der Waals surface area contributed by atoms with Gasteiger partial charge in [-0.3, -0.25) is 0 Å². The normalized spacial score (nSPS) is 16.2. The fraction of sp³-hybridized carbons (Fsp3) is 0.500. The summed E-state index contributed by atoms with van der Waals surface area (Å²) in [5.41, 5.74) is 4.39. The van der Waals surface area contributed by atoms with E-state index in [-0.39, 0.29) is 0 Å². The maximum Gasteiger partial charge on any atom is 0.0205 e. The zero-order valence-electron chi connectivity index (χ0n) is 8.43. The Labute approximate surface area is 80.2 Å². The Kier molecular flexibility index (Phi) is 2.36. The van der Waals surface area contributed by atoms with Gasteiger partial charge in [0, 0.05) is 6.54 Å². The molecule has 0 bridgehead atoms. The molecule has 0 heterocycles. The summed E-state index contributed by atoms with van der Waals surface area (Å²) in [7, 11) is 1.99. The van der Waals surface area contributed by atoms with E-state index in [2.05, 4.69) is 30.4 Å². The van der Waals surface area contributed by atoms with Crippen molar-refractivity contribution in [1.29, 1.82) is 0 Å². The first-order valence-electron chi connectivity index (χ1n) is 5.05. The Morgan fingerprint density at radius 2 is 2.15 bits per heavy atom. The molecule has 13 heavy (non-hydrogen) atoms. The molecule has 1 aliphatic rings. The minimum Gasteiger partial charge on any atom is -0.316 e. The molecular weight excluding hydrogens is 158 g/mol. The molecule has 1 fully saturated rings. The van der Waals surface area contributed by atoms with E-state index in [0.29, 0.717) is 0 Å². The van der Waals surface area contributed by atoms with Crippen LogP contribution in [0.1, 0.15) is 35.4 Å². The highest BCUT2D eigenvalue weighted by Crippen LogP contribution is 2.40. The Morgan fingerprint density at radius 3 is 2.69 bits per heavy atom. The van der Waals surface area contributed by atoms with Crippen LogP contribution in [0, 0.1) is 6.92 Å². The summed E-state index contributed by atoms with van der Waals surface area (Å²) in [6.07, 6.45) is 2.79. The van der Waals surface area contributed by atoms with Crippen LogP contribution in [0.4, 0.5) is 0 Å². The summed E-state index contributed by atoms with van der Waals surface area (Å²) >= 11 is 0. The van der Waals surface area contributed by atoms with E-state index in [4.69, 9.17) is 0 Å². The van der Waals surface area contributed by atoms with Crippen LogP contribution in [0.5, 0.6) is 0 Å². The molecule has 1 aliphatic carbocycles. The van der Waals surface area contributed by atoms with Crippen LogP contribution >= 0.6 is 0 Å². The second-order valence-electron chi connectivity index (χ2n) is 3.99. The number of nitrogens with one attached hydrogen (secondary N) is 1. The standard InChI is InChI=1S/C12H17N/c1-9-7-11(10-3-4-10)5-6-12(9)8-13-2/h5-7,10,13H,3-4,8H2,1-2H3. The van der Waals surface area contributed by atoms with Gasteiger partial charge in [-0.1, -0.05) is 18.2 Å². The van der Waals surface area contributed by atoms with Gasteiger partial charge in [0.2, 0.25) is 0 Å². The van der Waals surface area contributed by atoms with Crippen molar-refractivity contribution in [2.45, 2.75) is 32.2 Å². The van der Waals surface area contributed by atoms with E-state index >= 15 is 0 Å². The van der Waals surface area contributed by atoms with Crippen LogP contribution in [-0.4, -0.2) is 7.05 Å². The fourth-order valence-corrected chi connectivity index (χ4v) is 1.78. The van der Waals surface area contributed by atoms with Crippen molar-refractivity contribution in [1.82, 2.24) is 5.32 Å². The summed E-state index contributed by atoms with van der Waals surface area (Å²) in [6, 6.07) is 6.90. The topological polar surface area (TPSA) is 12.0 Å². The average Bonchev–Trinajstić information content (AvgIpc) is 2.91. The zero-order chi connectivity index (χ0) is 9.26. The molecule has 70 valence electrons. The van der Waals surface area contributed by atoms with Crippen molar-refractivity contribution >= 4 is 0 Å². The van der Waals surface area contributed by atoms with Crippen molar-refractivity contribution in [3.63, 3.8) is 0 Å². The van der Waals surface area contributed by atoms with Crippen molar-refractivity contribution in [3.05, 3.63) is 34.9 Å². The van der Waals surface area contributed by atoms with E-state index in [0.717, 1.165) is 12.5 Å². The van der Waals surface area contributed by atoms with Crippen molar-refractivity contribution in [2.75, 3.05) is 7.05 Å². The summed E-state index contributed by atoms with van der Waals surface area (Å²) < 4.78 is 0. The highest BCUT2D eigenvalue weighted by molar-refractivity contribution is 5.34. The Hall–Kier alpha value is -0.820. The van der Waals surface area contributed by atoms with Crippen molar-refractivity contribution < 1.29 is 0 Å². The van der Waals surface area contributed by atoms with Gasteiger partial charge in [-0.2, -0.15) is 0 Å². The van der Waals surface area contributed by atoms with Crippen LogP contribution in [0.3, 0.4) is 0 Å². The van der Waals surface area contributed by atoms with E-state index in [1.165, 1.54) is 29.5 Å². The predicted octanol–water partition coefficient (Wildman–Crippen LogP) is 2.59. The number of hydrogen-bond acceptors (Lipinski definition) is 1. The van der Waals surface area contributed by atoms with Gasteiger partial charge < -0.3 is 5.32 Å². The van der Waals surface area contributed by atoms with Crippen LogP contribution in [-0.2, 0) is 6.54 Å². The van der Waals surface area contributed by atoms with Crippen LogP contribution < -0.4 is 5.32 Å². The second kappa shape index (κ2) is 3.51. The molecule has 0 aliphatic heterocycles. The Balaban J connectivity index is 2.21. The minimum absolute atomic E-state index is 0.877. The molecule has 1 aromatic carbocycles. The smallest absolute Gasteiger partial charge is 0.0205 e. The number of aryl methyl sites for hydroxylation is 1. The molecular formula is C12H17N. The summed E-state index contributed by atoms with van der Waals surface area (Å²) in [4.78, 5) is 0. The minimum atomic E-state index is 0.877. The lowest BCUT2D eigenvalue weighted by molar-refractivity contribution is 0.811. The molecule has 1 saturated carbocycles. The quantitative estimate of drug-likeness (QED) is 0.744. The van der Waals surface area contributed by atoms with Gasteiger partial charge in [0.15, 0.2) is 0 Å². The first-order chi connectivity index (χ1) is 6.31. The van der Waals surface area contributed by atoms with Crippen LogP contribution in [0.15, 0.2) is 18.2 Å². The largest absolute Gasteiger partial charge is 0.316 e. The molecule has 1 aromatic rings. The lowest BCUT2D eigenvalue weighted by Crippen LogP contribution is -2.06. The molecule has 0 unspecified atom stereocenters. The molecule has 0 atom stereocenters. The van der Waals surface area contributed by atoms with Crippen molar-refractivity contribution in [2.24, 2.45) is 0 Å². The highest BCUT2D eigenvalue weighted by Gasteiger charge is 2.23. The zero-order valence-corrected chi connectivity index (χ0v) is 8.43. The predicted molar refractivity (Wildman–Crippen MR) is 55.9 cm³/mol. The van der Waals surface area contributed by atoms with Gasteiger partial charge >= 0.3 is 0 Å². The van der Waals surface area contributed by atoms with Gasteiger partial charge in [-0.25, -0.2) is 0 Å². The number of rotatable bonds is 3. The lowest BCUT2D eigenvalue weighted by atomic mass is 10.0. The third-order valence-corrected chi connectivity index (χ3v) is 2.78. The third kappa shape index (κ3) is 1.92. The first kappa shape index (κ1) is 8.76. The van der Waals surface area contributed by atoms with Gasteiger partial charge in [-0.05, 0) is 49.4 Å². The molecule has 1 nitrogen and oxygen atoms in total. The molecule has 0 saturated heterocycles. The van der Waals surface area contributed by atoms with Gasteiger partial charge in [0.25, 0.3) is 0 Å². The van der Waals surface area contributed by atoms with Crippen LogP contribution in [0.2, 0.25) is 0 Å². The van der Waals surface area contributed by atoms with Gasteiger partial charge in [0.1, 0.15) is 0 Å². The summed E-state index contributed by atoms with van der Waals surface area (Å²) in [6.45, 7) is 3.19. The Bertz CT molecular complexity index is 300. The molecule has 0 spiro atoms. The average molecular weight is 175 g/mol. The van der Waals surface area contributed by atoms with Gasteiger partial charge in [-0.15, -0.1) is 0 Å². The molecule has 0 radical (unpaired) electrons. The molecule has 1 heteroatoms. The summed E-state index contributed by atoms with van der Waals surface area (Å²) in [5, 5.41) is 3.19. The second-order valence-corrected chi connectivity index (χ2v) is 3.99. The van der Waals surface area contributed by atoms with E-state index in [9.17, 15) is 0 Å². The monoisotopic (exact) mass is 175 g/mol. The fourth-order valence-electron chi connectivity index (χ4n) is 1.78. The Morgan fingerprint density at radius 1 is 1.38 bits per heavy atom. The third-order valence-electron chi connectivity index (χ3n) is 2.78. The first-order valence-corrected chi connectivity index (χ1v) is 5.05. The van der Waals surface area contributed by atoms with Crippen molar-refractivity contribution in [3.8, 4) is 0 Å². The molecule has 0 amide bonds. The number of hydrogen-bond donors (Lipinski definition) is 1. The molecule has 2 rings (SSSR count). The molecule has 1 N–H and O–H groups in total. The van der Waals surface area contributed by atoms with E-state index < -0.39 is 0 Å². The van der Waals surface area contributed by atoms with Crippen LogP contribution in [0.25, 0.3) is 0 Å². The highest BCUT2D eigenvalue weighted by atomic mass is 14.8. The number of benzene rings is 1. The van der Waals surface area contributed by atoms with E-state index in [1.54, 1.807) is 0 Å².